The number of carbonyl (C=O) groups excluding carboxylic acids is 1. The van der Waals surface area contributed by atoms with Crippen molar-refractivity contribution >= 4 is 21.5 Å². The number of rotatable bonds is 6. The molecule has 0 aliphatic carbocycles. The van der Waals surface area contributed by atoms with Crippen LogP contribution < -0.4 is 4.72 Å². The number of hydrogen-bond donors (Lipinski definition) is 1. The Hall–Kier alpha value is -2.25. The van der Waals surface area contributed by atoms with E-state index in [9.17, 15) is 13.2 Å². The summed E-state index contributed by atoms with van der Waals surface area (Å²) in [4.78, 5) is 19.4. The lowest BCUT2D eigenvalue weighted by Crippen LogP contribution is -2.36. The van der Waals surface area contributed by atoms with Crippen molar-refractivity contribution in [3.8, 4) is 0 Å². The highest BCUT2D eigenvalue weighted by Crippen LogP contribution is 2.24. The molecule has 1 N–H and O–H groups in total. The zero-order valence-corrected chi connectivity index (χ0v) is 16.5. The molecule has 1 aromatic heterocycles. The average molecular weight is 388 g/mol. The van der Waals surface area contributed by atoms with Gasteiger partial charge in [0.2, 0.25) is 10.0 Å². The molecule has 0 saturated carbocycles. The molecule has 0 radical (unpaired) electrons. The third kappa shape index (κ3) is 5.61. The summed E-state index contributed by atoms with van der Waals surface area (Å²) in [6, 6.07) is 10.8. The number of aryl methyl sites for hydroxylation is 1. The van der Waals surface area contributed by atoms with Gasteiger partial charge in [0.25, 0.3) is 0 Å². The van der Waals surface area contributed by atoms with Gasteiger partial charge in [-0.3, -0.25) is 19.4 Å². The van der Waals surface area contributed by atoms with Gasteiger partial charge in [0.15, 0.2) is 5.78 Å². The monoisotopic (exact) mass is 387 g/mol. The largest absolute Gasteiger partial charge is 0.299 e. The first-order valence-corrected chi connectivity index (χ1v) is 11.0. The normalized spacial score (nSPS) is 16.2. The van der Waals surface area contributed by atoms with E-state index >= 15 is 0 Å². The summed E-state index contributed by atoms with van der Waals surface area (Å²) in [7, 11) is -3.31. The maximum atomic E-state index is 12.7. The third-order valence-electron chi connectivity index (χ3n) is 4.81. The van der Waals surface area contributed by atoms with Crippen LogP contribution in [0.2, 0.25) is 0 Å². The predicted octanol–water partition coefficient (Wildman–Crippen LogP) is 2.86. The summed E-state index contributed by atoms with van der Waals surface area (Å²) in [5.74, 6) is 0.156. The summed E-state index contributed by atoms with van der Waals surface area (Å²) in [6.07, 6.45) is 4.69. The van der Waals surface area contributed by atoms with E-state index in [2.05, 4.69) is 20.7 Å². The number of nitrogens with zero attached hydrogens (tertiary/aromatic N) is 2. The van der Waals surface area contributed by atoms with E-state index in [1.807, 2.05) is 19.2 Å². The summed E-state index contributed by atoms with van der Waals surface area (Å²) >= 11 is 0. The van der Waals surface area contributed by atoms with E-state index in [1.54, 1.807) is 24.3 Å². The maximum absolute atomic E-state index is 12.7. The van der Waals surface area contributed by atoms with E-state index in [0.717, 1.165) is 44.4 Å². The number of likely N-dealkylation sites (tertiary alicyclic amines) is 1. The fourth-order valence-corrected chi connectivity index (χ4v) is 3.92. The second-order valence-corrected chi connectivity index (χ2v) is 8.92. The fourth-order valence-electron chi connectivity index (χ4n) is 3.36. The van der Waals surface area contributed by atoms with Gasteiger partial charge < -0.3 is 0 Å². The number of nitrogens with one attached hydrogen (secondary N) is 1. The molecule has 6 nitrogen and oxygen atoms in total. The SMILES string of the molecule is Cc1ccc(CN2CCC(C(=O)c3ccc(NS(C)(=O)=O)cc3)CC2)cn1. The Morgan fingerprint density at radius 2 is 1.81 bits per heavy atom. The Balaban J connectivity index is 1.54. The van der Waals surface area contributed by atoms with Crippen molar-refractivity contribution < 1.29 is 13.2 Å². The number of pyridine rings is 1. The molecule has 2 heterocycles. The van der Waals surface area contributed by atoms with Crippen molar-refractivity contribution in [2.75, 3.05) is 24.1 Å². The zero-order chi connectivity index (χ0) is 19.4. The number of carbonyl (C=O) groups is 1. The Labute approximate surface area is 160 Å². The number of sulfonamides is 1. The number of benzene rings is 1. The van der Waals surface area contributed by atoms with E-state index < -0.39 is 10.0 Å². The van der Waals surface area contributed by atoms with Crippen LogP contribution in [-0.4, -0.2) is 43.4 Å². The molecule has 27 heavy (non-hydrogen) atoms. The fraction of sp³-hybridized carbons (Fsp3) is 0.400. The van der Waals surface area contributed by atoms with Crippen molar-refractivity contribution in [1.82, 2.24) is 9.88 Å². The Morgan fingerprint density at radius 3 is 2.37 bits per heavy atom. The number of hydrogen-bond acceptors (Lipinski definition) is 5. The molecule has 0 bridgehead atoms. The lowest BCUT2D eigenvalue weighted by atomic mass is 9.88. The van der Waals surface area contributed by atoms with Crippen molar-refractivity contribution in [3.05, 3.63) is 59.4 Å². The van der Waals surface area contributed by atoms with Gasteiger partial charge in [-0.05, 0) is 68.8 Å². The molecule has 0 amide bonds. The summed E-state index contributed by atoms with van der Waals surface area (Å²) in [5, 5.41) is 0. The molecule has 7 heteroatoms. The predicted molar refractivity (Wildman–Crippen MR) is 106 cm³/mol. The second-order valence-electron chi connectivity index (χ2n) is 7.17. The van der Waals surface area contributed by atoms with Gasteiger partial charge in [-0.25, -0.2) is 8.42 Å². The number of piperidine rings is 1. The minimum Gasteiger partial charge on any atom is -0.299 e. The van der Waals surface area contributed by atoms with Crippen molar-refractivity contribution in [2.45, 2.75) is 26.3 Å². The van der Waals surface area contributed by atoms with Crippen LogP contribution in [0.4, 0.5) is 5.69 Å². The van der Waals surface area contributed by atoms with Gasteiger partial charge in [-0.15, -0.1) is 0 Å². The highest BCUT2D eigenvalue weighted by Gasteiger charge is 2.25. The van der Waals surface area contributed by atoms with E-state index in [-0.39, 0.29) is 11.7 Å². The van der Waals surface area contributed by atoms with Crippen molar-refractivity contribution in [1.29, 1.82) is 0 Å². The van der Waals surface area contributed by atoms with Crippen LogP contribution in [-0.2, 0) is 16.6 Å². The van der Waals surface area contributed by atoms with Gasteiger partial charge in [0.05, 0.1) is 6.26 Å². The standard InChI is InChI=1S/C20H25N3O3S/c1-15-3-4-16(13-21-15)14-23-11-9-18(10-12-23)20(24)17-5-7-19(8-6-17)22-27(2,25)26/h3-8,13,18,22H,9-12,14H2,1-2H3. The van der Waals surface area contributed by atoms with Gasteiger partial charge in [0.1, 0.15) is 0 Å². The Bertz CT molecular complexity index is 885. The number of anilines is 1. The zero-order valence-electron chi connectivity index (χ0n) is 15.7. The van der Waals surface area contributed by atoms with Gasteiger partial charge in [0, 0.05) is 35.6 Å². The van der Waals surface area contributed by atoms with Crippen LogP contribution in [0.1, 0.15) is 34.5 Å². The molecule has 0 spiro atoms. The molecule has 3 rings (SSSR count). The molecule has 2 aromatic rings. The maximum Gasteiger partial charge on any atom is 0.229 e. The molecule has 0 unspecified atom stereocenters. The number of aromatic nitrogens is 1. The topological polar surface area (TPSA) is 79.4 Å². The van der Waals surface area contributed by atoms with E-state index in [0.29, 0.717) is 11.3 Å². The third-order valence-corrected chi connectivity index (χ3v) is 5.42. The van der Waals surface area contributed by atoms with Gasteiger partial charge in [-0.2, -0.15) is 0 Å². The first-order chi connectivity index (χ1) is 12.8. The molecule has 1 fully saturated rings. The van der Waals surface area contributed by atoms with E-state index in [4.69, 9.17) is 0 Å². The second kappa shape index (κ2) is 8.19. The first kappa shape index (κ1) is 19.5. The minimum atomic E-state index is -3.31. The molecule has 1 aliphatic rings. The highest BCUT2D eigenvalue weighted by atomic mass is 32.2. The Kier molecular flexibility index (Phi) is 5.92. The highest BCUT2D eigenvalue weighted by molar-refractivity contribution is 7.92. The summed E-state index contributed by atoms with van der Waals surface area (Å²) < 4.78 is 24.9. The molecular weight excluding hydrogens is 362 g/mol. The Morgan fingerprint density at radius 1 is 1.15 bits per heavy atom. The van der Waals surface area contributed by atoms with Crippen LogP contribution >= 0.6 is 0 Å². The summed E-state index contributed by atoms with van der Waals surface area (Å²) in [6.45, 7) is 4.61. The number of Topliss-reactive ketones (excluding diaryl/α,β-unsaturated/α-hetero) is 1. The van der Waals surface area contributed by atoms with Crippen LogP contribution in [0.5, 0.6) is 0 Å². The lowest BCUT2D eigenvalue weighted by Gasteiger charge is -2.31. The lowest BCUT2D eigenvalue weighted by molar-refractivity contribution is 0.0835. The molecule has 1 saturated heterocycles. The van der Waals surface area contributed by atoms with Crippen LogP contribution in [0.15, 0.2) is 42.6 Å². The van der Waals surface area contributed by atoms with Crippen LogP contribution in [0.3, 0.4) is 0 Å². The van der Waals surface area contributed by atoms with Crippen LogP contribution in [0.25, 0.3) is 0 Å². The van der Waals surface area contributed by atoms with E-state index in [1.165, 1.54) is 5.56 Å². The number of ketones is 1. The molecule has 1 aromatic carbocycles. The smallest absolute Gasteiger partial charge is 0.229 e. The van der Waals surface area contributed by atoms with Crippen molar-refractivity contribution in [2.24, 2.45) is 5.92 Å². The average Bonchev–Trinajstić information content (AvgIpc) is 2.63. The molecule has 0 atom stereocenters. The molecule has 144 valence electrons. The molecule has 1 aliphatic heterocycles. The minimum absolute atomic E-state index is 0.0195. The van der Waals surface area contributed by atoms with Crippen LogP contribution in [0, 0.1) is 12.8 Å². The molecular formula is C20H25N3O3S. The van der Waals surface area contributed by atoms with Gasteiger partial charge >= 0.3 is 0 Å². The first-order valence-electron chi connectivity index (χ1n) is 9.06. The van der Waals surface area contributed by atoms with Gasteiger partial charge in [-0.1, -0.05) is 6.07 Å². The summed E-state index contributed by atoms with van der Waals surface area (Å²) in [5.41, 5.74) is 3.31. The quantitative estimate of drug-likeness (QED) is 0.771. The van der Waals surface area contributed by atoms with Crippen molar-refractivity contribution in [3.63, 3.8) is 0 Å².